The number of hydrogen-bond acceptors (Lipinski definition) is 0. The predicted octanol–water partition coefficient (Wildman–Crippen LogP) is 1.67. The van der Waals surface area contributed by atoms with Gasteiger partial charge in [-0.1, -0.05) is 25.7 Å². The van der Waals surface area contributed by atoms with Gasteiger partial charge in [0.2, 0.25) is 0 Å². The molecule has 0 aliphatic heterocycles. The summed E-state index contributed by atoms with van der Waals surface area (Å²) in [4.78, 5) is 0. The van der Waals surface area contributed by atoms with Gasteiger partial charge in [-0.3, -0.25) is 0 Å². The molecular formula is C7H10. The zero-order chi connectivity index (χ0) is 5.28. The molecule has 0 aromatic heterocycles. The Labute approximate surface area is 44.9 Å². The molecule has 0 N–H and O–H groups in total. The second kappa shape index (κ2) is 1.58. The van der Waals surface area contributed by atoms with Crippen molar-refractivity contribution < 1.29 is 0 Å². The van der Waals surface area contributed by atoms with Gasteiger partial charge in [-0.25, -0.2) is 0 Å². The molecular weight excluding hydrogens is 84.1 g/mol. The molecule has 1 aliphatic rings. The molecule has 0 amide bonds. The van der Waals surface area contributed by atoms with Crippen molar-refractivity contribution in [3.63, 3.8) is 0 Å². The van der Waals surface area contributed by atoms with E-state index in [-0.39, 0.29) is 0 Å². The van der Waals surface area contributed by atoms with Crippen LogP contribution in [-0.4, -0.2) is 0 Å². The Balaban J connectivity index is 2.40. The van der Waals surface area contributed by atoms with E-state index in [9.17, 15) is 0 Å². The monoisotopic (exact) mass is 94.1 g/mol. The molecule has 0 heteroatoms. The van der Waals surface area contributed by atoms with Gasteiger partial charge in [0.15, 0.2) is 0 Å². The van der Waals surface area contributed by atoms with E-state index in [1.807, 2.05) is 0 Å². The SMILES string of the molecule is CCC1C#CC1C. The lowest BCUT2D eigenvalue weighted by Gasteiger charge is -2.17. The standard InChI is InChI=1S/C7H10/c1-3-7-5-4-6(7)2/h6-7H,3H2,1-2H3. The summed E-state index contributed by atoms with van der Waals surface area (Å²) in [5, 5.41) is 0. The van der Waals surface area contributed by atoms with E-state index in [4.69, 9.17) is 0 Å². The molecule has 7 heavy (non-hydrogen) atoms. The number of hydrogen-bond donors (Lipinski definition) is 0. The molecule has 0 spiro atoms. The van der Waals surface area contributed by atoms with Crippen molar-refractivity contribution in [3.8, 4) is 11.8 Å². The fourth-order valence-electron chi connectivity index (χ4n) is 0.823. The summed E-state index contributed by atoms with van der Waals surface area (Å²) in [5.41, 5.74) is 0. The summed E-state index contributed by atoms with van der Waals surface area (Å²) in [6.45, 7) is 4.37. The minimum atomic E-state index is 0.685. The maximum absolute atomic E-state index is 3.09. The molecule has 0 saturated carbocycles. The predicted molar refractivity (Wildman–Crippen MR) is 30.7 cm³/mol. The summed E-state index contributed by atoms with van der Waals surface area (Å²) in [6.07, 6.45) is 1.23. The van der Waals surface area contributed by atoms with Gasteiger partial charge in [0.25, 0.3) is 0 Å². The molecule has 0 nitrogen and oxygen atoms in total. The average Bonchev–Trinajstić information content (AvgIpc) is 1.65. The van der Waals surface area contributed by atoms with Crippen molar-refractivity contribution in [1.82, 2.24) is 0 Å². The highest BCUT2D eigenvalue weighted by Gasteiger charge is 2.15. The molecule has 2 unspecified atom stereocenters. The van der Waals surface area contributed by atoms with Crippen LogP contribution in [-0.2, 0) is 0 Å². The van der Waals surface area contributed by atoms with Gasteiger partial charge in [-0.05, 0) is 6.42 Å². The van der Waals surface area contributed by atoms with Crippen LogP contribution in [0.4, 0.5) is 0 Å². The molecule has 0 fully saturated rings. The Morgan fingerprint density at radius 3 is 2.14 bits per heavy atom. The highest BCUT2D eigenvalue weighted by molar-refractivity contribution is 5.20. The van der Waals surface area contributed by atoms with E-state index in [2.05, 4.69) is 25.7 Å². The Bertz CT molecular complexity index is 114. The average molecular weight is 94.2 g/mol. The maximum atomic E-state index is 3.09. The minimum absolute atomic E-state index is 0.685. The molecule has 1 rings (SSSR count). The van der Waals surface area contributed by atoms with Gasteiger partial charge < -0.3 is 0 Å². The third-order valence-electron chi connectivity index (χ3n) is 1.54. The van der Waals surface area contributed by atoms with Gasteiger partial charge in [0.1, 0.15) is 0 Å². The van der Waals surface area contributed by atoms with E-state index in [0.29, 0.717) is 5.92 Å². The summed E-state index contributed by atoms with van der Waals surface area (Å²) >= 11 is 0. The fraction of sp³-hybridized carbons (Fsp3) is 0.714. The van der Waals surface area contributed by atoms with E-state index in [1.54, 1.807) is 0 Å². The van der Waals surface area contributed by atoms with Gasteiger partial charge in [-0.2, -0.15) is 0 Å². The number of rotatable bonds is 1. The van der Waals surface area contributed by atoms with Gasteiger partial charge in [0.05, 0.1) is 0 Å². The quantitative estimate of drug-likeness (QED) is 0.433. The van der Waals surface area contributed by atoms with Crippen LogP contribution in [0, 0.1) is 23.7 Å². The van der Waals surface area contributed by atoms with Crippen molar-refractivity contribution in [2.45, 2.75) is 20.3 Å². The van der Waals surface area contributed by atoms with Crippen molar-refractivity contribution in [1.29, 1.82) is 0 Å². The van der Waals surface area contributed by atoms with Crippen molar-refractivity contribution >= 4 is 0 Å². The van der Waals surface area contributed by atoms with Gasteiger partial charge in [-0.15, -0.1) is 0 Å². The fourth-order valence-corrected chi connectivity index (χ4v) is 0.823. The first kappa shape index (κ1) is 4.71. The van der Waals surface area contributed by atoms with Crippen LogP contribution in [0.1, 0.15) is 20.3 Å². The molecule has 0 saturated heterocycles. The molecule has 0 bridgehead atoms. The lowest BCUT2D eigenvalue weighted by Crippen LogP contribution is -2.13. The van der Waals surface area contributed by atoms with Crippen LogP contribution in [0.5, 0.6) is 0 Å². The van der Waals surface area contributed by atoms with Crippen molar-refractivity contribution in [2.75, 3.05) is 0 Å². The first-order valence-electron chi connectivity index (χ1n) is 2.85. The van der Waals surface area contributed by atoms with E-state index in [0.717, 1.165) is 5.92 Å². The van der Waals surface area contributed by atoms with E-state index < -0.39 is 0 Å². The van der Waals surface area contributed by atoms with Crippen molar-refractivity contribution in [2.24, 2.45) is 11.8 Å². The maximum Gasteiger partial charge on any atom is 0.0335 e. The van der Waals surface area contributed by atoms with E-state index >= 15 is 0 Å². The Kier molecular flexibility index (Phi) is 1.06. The van der Waals surface area contributed by atoms with Crippen molar-refractivity contribution in [3.05, 3.63) is 0 Å². The summed E-state index contributed by atoms with van der Waals surface area (Å²) in [6, 6.07) is 0. The second-order valence-corrected chi connectivity index (χ2v) is 2.09. The molecule has 0 heterocycles. The molecule has 2 atom stereocenters. The third-order valence-corrected chi connectivity index (χ3v) is 1.54. The lowest BCUT2D eigenvalue weighted by molar-refractivity contribution is 0.496. The largest absolute Gasteiger partial charge is 0.0986 e. The Morgan fingerprint density at radius 1 is 1.43 bits per heavy atom. The lowest BCUT2D eigenvalue weighted by atomic mass is 9.85. The highest BCUT2D eigenvalue weighted by atomic mass is 14.2. The Morgan fingerprint density at radius 2 is 2.14 bits per heavy atom. The van der Waals surface area contributed by atoms with Gasteiger partial charge in [0, 0.05) is 11.8 Å². The topological polar surface area (TPSA) is 0 Å². The Hall–Kier alpha value is -0.440. The van der Waals surface area contributed by atoms with Gasteiger partial charge >= 0.3 is 0 Å². The minimum Gasteiger partial charge on any atom is -0.0986 e. The van der Waals surface area contributed by atoms with Crippen LogP contribution >= 0.6 is 0 Å². The van der Waals surface area contributed by atoms with Crippen LogP contribution in [0.2, 0.25) is 0 Å². The first-order chi connectivity index (χ1) is 3.34. The van der Waals surface area contributed by atoms with Crippen LogP contribution < -0.4 is 0 Å². The summed E-state index contributed by atoms with van der Waals surface area (Å²) in [7, 11) is 0. The zero-order valence-electron chi connectivity index (χ0n) is 4.86. The first-order valence-corrected chi connectivity index (χ1v) is 2.85. The summed E-state index contributed by atoms with van der Waals surface area (Å²) in [5.74, 6) is 7.56. The molecule has 1 aliphatic carbocycles. The molecule has 38 valence electrons. The van der Waals surface area contributed by atoms with Crippen LogP contribution in [0.25, 0.3) is 0 Å². The molecule has 0 radical (unpaired) electrons. The molecule has 0 aromatic rings. The normalized spacial score (nSPS) is 35.7. The van der Waals surface area contributed by atoms with E-state index in [1.165, 1.54) is 6.42 Å². The zero-order valence-corrected chi connectivity index (χ0v) is 4.86. The highest BCUT2D eigenvalue weighted by Crippen LogP contribution is 2.19. The smallest absolute Gasteiger partial charge is 0.0335 e. The second-order valence-electron chi connectivity index (χ2n) is 2.09. The van der Waals surface area contributed by atoms with Crippen LogP contribution in [0.3, 0.4) is 0 Å². The summed E-state index contributed by atoms with van der Waals surface area (Å²) < 4.78 is 0. The third kappa shape index (κ3) is 0.632. The van der Waals surface area contributed by atoms with Crippen LogP contribution in [0.15, 0.2) is 0 Å². The molecule has 0 aromatic carbocycles.